The predicted molar refractivity (Wildman–Crippen MR) is 78.0 cm³/mol. The van der Waals surface area contributed by atoms with Gasteiger partial charge in [0.25, 0.3) is 0 Å². The Morgan fingerprint density at radius 3 is 2.32 bits per heavy atom. The van der Waals surface area contributed by atoms with Gasteiger partial charge in [-0.2, -0.15) is 0 Å². The molecule has 1 amide bonds. The molecule has 7 heteroatoms. The van der Waals surface area contributed by atoms with E-state index in [0.717, 1.165) is 5.57 Å². The second-order valence-corrected chi connectivity index (χ2v) is 5.22. The number of rotatable bonds is 5. The van der Waals surface area contributed by atoms with Gasteiger partial charge in [-0.15, -0.1) is 0 Å². The largest absolute Gasteiger partial charge is 0.469 e. The zero-order chi connectivity index (χ0) is 16.9. The van der Waals surface area contributed by atoms with Gasteiger partial charge in [0, 0.05) is 18.4 Å². The van der Waals surface area contributed by atoms with Crippen LogP contribution in [0.2, 0.25) is 0 Å². The Balaban J connectivity index is 3.14. The maximum absolute atomic E-state index is 12.1. The zero-order valence-corrected chi connectivity index (χ0v) is 13.5. The molecule has 1 aliphatic rings. The summed E-state index contributed by atoms with van der Waals surface area (Å²) in [6.07, 6.45) is -0.597. The van der Waals surface area contributed by atoms with Crippen molar-refractivity contribution in [1.29, 1.82) is 0 Å². The van der Waals surface area contributed by atoms with Crippen molar-refractivity contribution < 1.29 is 28.6 Å². The third-order valence-corrected chi connectivity index (χ3v) is 3.86. The predicted octanol–water partition coefficient (Wildman–Crippen LogP) is 1.37. The molecule has 0 unspecified atom stereocenters. The molecule has 0 saturated carbocycles. The zero-order valence-electron chi connectivity index (χ0n) is 13.5. The van der Waals surface area contributed by atoms with E-state index in [4.69, 9.17) is 9.47 Å². The second-order valence-electron chi connectivity index (χ2n) is 5.22. The van der Waals surface area contributed by atoms with E-state index in [1.165, 1.54) is 19.1 Å². The highest BCUT2D eigenvalue weighted by atomic mass is 16.6. The number of hydrogen-bond acceptors (Lipinski definition) is 6. The van der Waals surface area contributed by atoms with Gasteiger partial charge in [-0.1, -0.05) is 12.2 Å². The fourth-order valence-electron chi connectivity index (χ4n) is 2.78. The van der Waals surface area contributed by atoms with Crippen molar-refractivity contribution in [3.05, 3.63) is 12.2 Å². The van der Waals surface area contributed by atoms with E-state index in [0.29, 0.717) is 0 Å². The highest BCUT2D eigenvalue weighted by Crippen LogP contribution is 2.37. The van der Waals surface area contributed by atoms with Crippen LogP contribution < -0.4 is 0 Å². The first-order chi connectivity index (χ1) is 10.4. The molecule has 1 fully saturated rings. The lowest BCUT2D eigenvalue weighted by Crippen LogP contribution is -2.44. The first-order valence-electron chi connectivity index (χ1n) is 7.10. The van der Waals surface area contributed by atoms with Crippen LogP contribution in [0.15, 0.2) is 12.2 Å². The normalized spacial score (nSPS) is 23.8. The number of likely N-dealkylation sites (tertiary alicyclic amines) is 1. The summed E-state index contributed by atoms with van der Waals surface area (Å²) in [5.41, 5.74) is 0.787. The fourth-order valence-corrected chi connectivity index (χ4v) is 2.78. The van der Waals surface area contributed by atoms with Gasteiger partial charge < -0.3 is 14.2 Å². The molecule has 1 rings (SSSR count). The lowest BCUT2D eigenvalue weighted by atomic mass is 9.84. The van der Waals surface area contributed by atoms with Crippen molar-refractivity contribution in [3.8, 4) is 0 Å². The number of amides is 1. The van der Waals surface area contributed by atoms with E-state index in [1.807, 2.05) is 0 Å². The number of ether oxygens (including phenoxy) is 3. The first kappa shape index (κ1) is 18.0. The van der Waals surface area contributed by atoms with Crippen LogP contribution in [0, 0.1) is 11.8 Å². The van der Waals surface area contributed by atoms with Crippen molar-refractivity contribution in [2.75, 3.05) is 27.4 Å². The average molecular weight is 313 g/mol. The summed E-state index contributed by atoms with van der Waals surface area (Å²) in [4.78, 5) is 37.2. The maximum Gasteiger partial charge on any atom is 0.410 e. The quantitative estimate of drug-likeness (QED) is 0.433. The smallest absolute Gasteiger partial charge is 0.410 e. The Morgan fingerprint density at radius 2 is 1.86 bits per heavy atom. The number of methoxy groups -OCH3 is 2. The third-order valence-electron chi connectivity index (χ3n) is 3.86. The molecule has 3 atom stereocenters. The van der Waals surface area contributed by atoms with Crippen LogP contribution in [0.25, 0.3) is 0 Å². The Hall–Kier alpha value is -2.05. The molecule has 0 aromatic rings. The van der Waals surface area contributed by atoms with Crippen LogP contribution in [0.1, 0.15) is 20.3 Å². The van der Waals surface area contributed by atoms with Crippen molar-refractivity contribution in [1.82, 2.24) is 4.90 Å². The van der Waals surface area contributed by atoms with Gasteiger partial charge in [0.05, 0.1) is 27.2 Å². The minimum absolute atomic E-state index is 0.00367. The molecule has 0 aliphatic carbocycles. The molecule has 0 aromatic heterocycles. The van der Waals surface area contributed by atoms with E-state index in [-0.39, 0.29) is 25.5 Å². The Morgan fingerprint density at radius 1 is 1.23 bits per heavy atom. The molecule has 0 radical (unpaired) electrons. The Kier molecular flexibility index (Phi) is 6.39. The van der Waals surface area contributed by atoms with E-state index >= 15 is 0 Å². The van der Waals surface area contributed by atoms with Gasteiger partial charge in [0.1, 0.15) is 6.04 Å². The van der Waals surface area contributed by atoms with Crippen LogP contribution in [0.5, 0.6) is 0 Å². The van der Waals surface area contributed by atoms with E-state index in [1.54, 1.807) is 13.8 Å². The molecular formula is C15H23NO6. The molecule has 0 spiro atoms. The number of carbonyl (C=O) groups excluding carboxylic acids is 3. The second kappa shape index (κ2) is 7.82. The molecule has 124 valence electrons. The Bertz CT molecular complexity index is 461. The minimum Gasteiger partial charge on any atom is -0.469 e. The number of hydrogen-bond donors (Lipinski definition) is 0. The van der Waals surface area contributed by atoms with Crippen molar-refractivity contribution in [2.45, 2.75) is 26.3 Å². The summed E-state index contributed by atoms with van der Waals surface area (Å²) in [5.74, 6) is -1.67. The monoisotopic (exact) mass is 313 g/mol. The summed E-state index contributed by atoms with van der Waals surface area (Å²) in [5, 5.41) is 0. The molecule has 22 heavy (non-hydrogen) atoms. The molecule has 0 aromatic carbocycles. The van der Waals surface area contributed by atoms with Gasteiger partial charge in [0.15, 0.2) is 0 Å². The van der Waals surface area contributed by atoms with Gasteiger partial charge in [-0.05, 0) is 13.8 Å². The van der Waals surface area contributed by atoms with Crippen LogP contribution >= 0.6 is 0 Å². The topological polar surface area (TPSA) is 82.1 Å². The van der Waals surface area contributed by atoms with Gasteiger partial charge in [0.2, 0.25) is 0 Å². The van der Waals surface area contributed by atoms with E-state index in [9.17, 15) is 14.4 Å². The summed E-state index contributed by atoms with van der Waals surface area (Å²) in [6.45, 7) is 7.84. The summed E-state index contributed by atoms with van der Waals surface area (Å²) >= 11 is 0. The van der Waals surface area contributed by atoms with Crippen molar-refractivity contribution in [3.63, 3.8) is 0 Å². The number of esters is 2. The SMILES string of the molecule is C=C(C)[C@H]1CN(C(=O)OCC)[C@H](C(=O)OC)[C@H]1CC(=O)OC. The third kappa shape index (κ3) is 3.78. The average Bonchev–Trinajstić information content (AvgIpc) is 2.86. The highest BCUT2D eigenvalue weighted by Gasteiger charge is 2.50. The molecule has 0 N–H and O–H groups in total. The molecular weight excluding hydrogens is 290 g/mol. The molecule has 0 bridgehead atoms. The molecule has 1 heterocycles. The fraction of sp³-hybridized carbons (Fsp3) is 0.667. The standard InChI is InChI=1S/C15H23NO6/c1-6-22-15(19)16-8-11(9(2)3)10(7-12(17)20-4)13(16)14(18)21-5/h10-11,13H,2,6-8H2,1,3-5H3/t10-,11+,13-/m0/s1. The molecule has 1 aliphatic heterocycles. The highest BCUT2D eigenvalue weighted by molar-refractivity contribution is 5.84. The Labute approximate surface area is 130 Å². The van der Waals surface area contributed by atoms with Crippen LogP contribution in [-0.2, 0) is 23.8 Å². The molecule has 7 nitrogen and oxygen atoms in total. The summed E-state index contributed by atoms with van der Waals surface area (Å²) < 4.78 is 14.5. The van der Waals surface area contributed by atoms with Gasteiger partial charge >= 0.3 is 18.0 Å². The van der Waals surface area contributed by atoms with Crippen LogP contribution in [0.4, 0.5) is 4.79 Å². The minimum atomic E-state index is -0.884. The first-order valence-corrected chi connectivity index (χ1v) is 7.10. The van der Waals surface area contributed by atoms with Crippen molar-refractivity contribution >= 4 is 18.0 Å². The van der Waals surface area contributed by atoms with Crippen LogP contribution in [0.3, 0.4) is 0 Å². The van der Waals surface area contributed by atoms with Crippen molar-refractivity contribution in [2.24, 2.45) is 11.8 Å². The maximum atomic E-state index is 12.1. The van der Waals surface area contributed by atoms with Crippen LogP contribution in [-0.4, -0.2) is 56.3 Å². The lowest BCUT2D eigenvalue weighted by Gasteiger charge is -2.25. The molecule has 1 saturated heterocycles. The van der Waals surface area contributed by atoms with Gasteiger partial charge in [-0.25, -0.2) is 9.59 Å². The lowest BCUT2D eigenvalue weighted by molar-refractivity contribution is -0.148. The van der Waals surface area contributed by atoms with Gasteiger partial charge in [-0.3, -0.25) is 9.69 Å². The number of carbonyl (C=O) groups is 3. The number of nitrogens with zero attached hydrogens (tertiary/aromatic N) is 1. The summed E-state index contributed by atoms with van der Waals surface area (Å²) in [7, 11) is 2.53. The van der Waals surface area contributed by atoms with E-state index < -0.39 is 30.0 Å². The summed E-state index contributed by atoms with van der Waals surface area (Å²) in [6, 6.07) is -0.884. The van der Waals surface area contributed by atoms with E-state index in [2.05, 4.69) is 11.3 Å².